The second kappa shape index (κ2) is 7.89. The lowest BCUT2D eigenvalue weighted by Gasteiger charge is -2.43. The van der Waals surface area contributed by atoms with Crippen molar-refractivity contribution in [2.24, 2.45) is 16.3 Å². The number of imidazole rings is 1. The maximum atomic E-state index is 4.64. The molecular formula is C20H31N5. The Morgan fingerprint density at radius 1 is 1.32 bits per heavy atom. The summed E-state index contributed by atoms with van der Waals surface area (Å²) in [5.41, 5.74) is 2.58. The molecule has 2 N–H and O–H groups in total. The van der Waals surface area contributed by atoms with Gasteiger partial charge in [0.15, 0.2) is 5.96 Å². The lowest BCUT2D eigenvalue weighted by atomic mass is 9.64. The number of hydrogen-bond donors (Lipinski definition) is 2. The van der Waals surface area contributed by atoms with E-state index < -0.39 is 0 Å². The Hall–Kier alpha value is -2.04. The largest absolute Gasteiger partial charge is 0.356 e. The summed E-state index contributed by atoms with van der Waals surface area (Å²) in [6, 6.07) is 6.07. The molecule has 0 unspecified atom stereocenters. The summed E-state index contributed by atoms with van der Waals surface area (Å²) in [6.07, 6.45) is 10.4. The maximum absolute atomic E-state index is 4.64. The number of fused-ring (bicyclic) bond motifs is 1. The zero-order valence-electron chi connectivity index (χ0n) is 15.8. The van der Waals surface area contributed by atoms with Crippen molar-refractivity contribution in [3.05, 3.63) is 36.3 Å². The number of nitrogens with zero attached hydrogens (tertiary/aromatic N) is 3. The molecule has 0 bridgehead atoms. The second-order valence-electron chi connectivity index (χ2n) is 7.75. The zero-order chi connectivity index (χ0) is 17.7. The van der Waals surface area contributed by atoms with Crippen molar-refractivity contribution in [3.63, 3.8) is 0 Å². The van der Waals surface area contributed by atoms with Gasteiger partial charge >= 0.3 is 0 Å². The molecule has 1 aliphatic rings. The van der Waals surface area contributed by atoms with Crippen molar-refractivity contribution in [2.45, 2.75) is 46.0 Å². The van der Waals surface area contributed by atoms with Gasteiger partial charge in [0.05, 0.1) is 5.69 Å². The van der Waals surface area contributed by atoms with Gasteiger partial charge in [0, 0.05) is 39.0 Å². The minimum Gasteiger partial charge on any atom is -0.356 e. The first-order valence-corrected chi connectivity index (χ1v) is 9.47. The standard InChI is InChI=1S/C20H31N5/c1-16(2)13-20(9-6-10-20)15-23-19(21-3)22-11-8-17-14-25-12-5-4-7-18(25)24-17/h4-5,7,12,14,16H,6,8-11,13,15H2,1-3H3,(H2,21,22,23). The van der Waals surface area contributed by atoms with Crippen LogP contribution in [-0.4, -0.2) is 35.5 Å². The van der Waals surface area contributed by atoms with Crippen LogP contribution in [0.4, 0.5) is 0 Å². The smallest absolute Gasteiger partial charge is 0.191 e. The van der Waals surface area contributed by atoms with Gasteiger partial charge in [0.25, 0.3) is 0 Å². The van der Waals surface area contributed by atoms with E-state index >= 15 is 0 Å². The molecule has 2 heterocycles. The Morgan fingerprint density at radius 3 is 2.80 bits per heavy atom. The van der Waals surface area contributed by atoms with Crippen LogP contribution in [0.5, 0.6) is 0 Å². The molecule has 0 radical (unpaired) electrons. The van der Waals surface area contributed by atoms with Gasteiger partial charge in [-0.3, -0.25) is 4.99 Å². The van der Waals surface area contributed by atoms with E-state index in [0.717, 1.165) is 42.7 Å². The van der Waals surface area contributed by atoms with Crippen LogP contribution >= 0.6 is 0 Å². The normalized spacial score (nSPS) is 16.9. The molecule has 2 aromatic heterocycles. The second-order valence-corrected chi connectivity index (χ2v) is 7.75. The van der Waals surface area contributed by atoms with Gasteiger partial charge in [-0.1, -0.05) is 26.3 Å². The van der Waals surface area contributed by atoms with E-state index in [9.17, 15) is 0 Å². The number of hydrogen-bond acceptors (Lipinski definition) is 2. The van der Waals surface area contributed by atoms with Crippen LogP contribution in [0.3, 0.4) is 0 Å². The van der Waals surface area contributed by atoms with Crippen molar-refractivity contribution in [1.29, 1.82) is 0 Å². The minimum atomic E-state index is 0.480. The van der Waals surface area contributed by atoms with E-state index in [1.807, 2.05) is 31.4 Å². The molecule has 0 atom stereocenters. The van der Waals surface area contributed by atoms with Gasteiger partial charge in [-0.15, -0.1) is 0 Å². The van der Waals surface area contributed by atoms with E-state index in [1.165, 1.54) is 25.7 Å². The Balaban J connectivity index is 1.46. The van der Waals surface area contributed by atoms with Crippen LogP contribution in [0.2, 0.25) is 0 Å². The first kappa shape index (κ1) is 17.8. The molecule has 1 saturated carbocycles. The van der Waals surface area contributed by atoms with Gasteiger partial charge in [-0.25, -0.2) is 4.98 Å². The molecule has 0 aromatic carbocycles. The summed E-state index contributed by atoms with van der Waals surface area (Å²) in [6.45, 7) is 6.50. The molecule has 25 heavy (non-hydrogen) atoms. The van der Waals surface area contributed by atoms with Gasteiger partial charge in [0.1, 0.15) is 5.65 Å². The Bertz CT molecular complexity index is 679. The van der Waals surface area contributed by atoms with Crippen LogP contribution in [0.15, 0.2) is 35.6 Å². The SMILES string of the molecule is CN=C(NCCc1cn2ccccc2n1)NCC1(CC(C)C)CCC1. The van der Waals surface area contributed by atoms with Crippen molar-refractivity contribution in [3.8, 4) is 0 Å². The third-order valence-electron chi connectivity index (χ3n) is 5.20. The number of rotatable bonds is 7. The number of aliphatic imine (C=N–C) groups is 1. The van der Waals surface area contributed by atoms with E-state index in [-0.39, 0.29) is 0 Å². The summed E-state index contributed by atoms with van der Waals surface area (Å²) in [4.78, 5) is 9.01. The molecule has 0 amide bonds. The Kier molecular flexibility index (Phi) is 5.61. The van der Waals surface area contributed by atoms with Crippen molar-refractivity contribution in [2.75, 3.05) is 20.1 Å². The van der Waals surface area contributed by atoms with E-state index in [1.54, 1.807) is 0 Å². The summed E-state index contributed by atoms with van der Waals surface area (Å²) in [5.74, 6) is 1.66. The van der Waals surface area contributed by atoms with Gasteiger partial charge in [-0.2, -0.15) is 0 Å². The number of guanidine groups is 1. The number of nitrogens with one attached hydrogen (secondary N) is 2. The highest BCUT2D eigenvalue weighted by molar-refractivity contribution is 5.79. The fraction of sp³-hybridized carbons (Fsp3) is 0.600. The average molecular weight is 342 g/mol. The third-order valence-corrected chi connectivity index (χ3v) is 5.20. The first-order valence-electron chi connectivity index (χ1n) is 9.47. The fourth-order valence-corrected chi connectivity index (χ4v) is 3.90. The average Bonchev–Trinajstić information content (AvgIpc) is 2.97. The molecule has 2 aromatic rings. The lowest BCUT2D eigenvalue weighted by molar-refractivity contribution is 0.104. The quantitative estimate of drug-likeness (QED) is 0.600. The predicted molar refractivity (Wildman–Crippen MR) is 104 cm³/mol. The van der Waals surface area contributed by atoms with Gasteiger partial charge in [-0.05, 0) is 42.7 Å². The van der Waals surface area contributed by atoms with Crippen molar-refractivity contribution < 1.29 is 0 Å². The van der Waals surface area contributed by atoms with Crippen molar-refractivity contribution >= 4 is 11.6 Å². The van der Waals surface area contributed by atoms with Gasteiger partial charge < -0.3 is 15.0 Å². The zero-order valence-corrected chi connectivity index (χ0v) is 15.8. The maximum Gasteiger partial charge on any atom is 0.191 e. The highest BCUT2D eigenvalue weighted by atomic mass is 15.2. The van der Waals surface area contributed by atoms with E-state index in [0.29, 0.717) is 5.41 Å². The highest BCUT2D eigenvalue weighted by Gasteiger charge is 2.37. The van der Waals surface area contributed by atoms with Crippen LogP contribution in [0.25, 0.3) is 5.65 Å². The molecule has 1 aliphatic carbocycles. The monoisotopic (exact) mass is 341 g/mol. The molecule has 0 saturated heterocycles. The summed E-state index contributed by atoms with van der Waals surface area (Å²) < 4.78 is 2.06. The Morgan fingerprint density at radius 2 is 2.16 bits per heavy atom. The molecule has 1 fully saturated rings. The molecule has 5 heteroatoms. The molecular weight excluding hydrogens is 310 g/mol. The molecule has 136 valence electrons. The van der Waals surface area contributed by atoms with Crippen LogP contribution < -0.4 is 10.6 Å². The first-order chi connectivity index (χ1) is 12.1. The highest BCUT2D eigenvalue weighted by Crippen LogP contribution is 2.45. The number of aromatic nitrogens is 2. The van der Waals surface area contributed by atoms with Gasteiger partial charge in [0.2, 0.25) is 0 Å². The fourth-order valence-electron chi connectivity index (χ4n) is 3.90. The van der Waals surface area contributed by atoms with Crippen LogP contribution in [-0.2, 0) is 6.42 Å². The molecule has 3 rings (SSSR count). The van der Waals surface area contributed by atoms with Crippen LogP contribution in [0.1, 0.15) is 45.2 Å². The van der Waals surface area contributed by atoms with E-state index in [2.05, 4.69) is 45.1 Å². The third kappa shape index (κ3) is 4.53. The molecule has 5 nitrogen and oxygen atoms in total. The van der Waals surface area contributed by atoms with Crippen LogP contribution in [0, 0.1) is 11.3 Å². The minimum absolute atomic E-state index is 0.480. The molecule has 0 spiro atoms. The van der Waals surface area contributed by atoms with E-state index in [4.69, 9.17) is 0 Å². The summed E-state index contributed by atoms with van der Waals surface area (Å²) in [7, 11) is 1.84. The summed E-state index contributed by atoms with van der Waals surface area (Å²) >= 11 is 0. The number of pyridine rings is 1. The lowest BCUT2D eigenvalue weighted by Crippen LogP contribution is -2.47. The predicted octanol–water partition coefficient (Wildman–Crippen LogP) is 3.26. The molecule has 0 aliphatic heterocycles. The topological polar surface area (TPSA) is 53.7 Å². The van der Waals surface area contributed by atoms with Crippen molar-refractivity contribution in [1.82, 2.24) is 20.0 Å². The summed E-state index contributed by atoms with van der Waals surface area (Å²) in [5, 5.41) is 6.97. The Labute approximate surface area is 151 Å².